The van der Waals surface area contributed by atoms with Gasteiger partial charge in [0.15, 0.2) is 0 Å². The molecule has 9 heteroatoms. The number of hydrogen-bond acceptors (Lipinski definition) is 4. The standard InChI is InChI=1S/C17H23F3N4O2/c1-10(2)24-8-7-23(9-13(24)15(25)21-4)16(26)12-5-6-14(17(18,19)20)22-11(12)3/h5-6,10,13H,7-9H2,1-4H3,(H,21,25). The van der Waals surface area contributed by atoms with Gasteiger partial charge in [-0.1, -0.05) is 0 Å². The molecule has 1 unspecified atom stereocenters. The molecule has 2 heterocycles. The van der Waals surface area contributed by atoms with Crippen LogP contribution in [0.1, 0.15) is 35.6 Å². The van der Waals surface area contributed by atoms with Crippen LogP contribution in [-0.4, -0.2) is 65.4 Å². The Bertz CT molecular complexity index is 691. The number of hydrogen-bond donors (Lipinski definition) is 1. The van der Waals surface area contributed by atoms with E-state index in [9.17, 15) is 22.8 Å². The molecule has 1 aromatic heterocycles. The summed E-state index contributed by atoms with van der Waals surface area (Å²) in [6.45, 7) is 6.40. The lowest BCUT2D eigenvalue weighted by atomic mass is 10.1. The van der Waals surface area contributed by atoms with Crippen LogP contribution in [0.5, 0.6) is 0 Å². The molecule has 2 amide bonds. The molecular weight excluding hydrogens is 349 g/mol. The molecule has 144 valence electrons. The third-order valence-corrected chi connectivity index (χ3v) is 4.53. The molecule has 0 spiro atoms. The zero-order chi connectivity index (χ0) is 19.6. The van der Waals surface area contributed by atoms with Crippen LogP contribution in [0.3, 0.4) is 0 Å². The largest absolute Gasteiger partial charge is 0.433 e. The van der Waals surface area contributed by atoms with Gasteiger partial charge in [-0.05, 0) is 32.9 Å². The van der Waals surface area contributed by atoms with Crippen LogP contribution in [0, 0.1) is 6.92 Å². The molecule has 0 saturated carbocycles. The van der Waals surface area contributed by atoms with Crippen LogP contribution in [0.4, 0.5) is 13.2 Å². The number of aryl methyl sites for hydroxylation is 1. The molecular formula is C17H23F3N4O2. The minimum absolute atomic E-state index is 0.0209. The molecule has 0 bridgehead atoms. The molecule has 0 aliphatic carbocycles. The van der Waals surface area contributed by atoms with Crippen molar-refractivity contribution in [3.8, 4) is 0 Å². The molecule has 1 N–H and O–H groups in total. The monoisotopic (exact) mass is 372 g/mol. The van der Waals surface area contributed by atoms with Crippen LogP contribution in [0.25, 0.3) is 0 Å². The van der Waals surface area contributed by atoms with Gasteiger partial charge in [0.2, 0.25) is 5.91 Å². The molecule has 1 aromatic rings. The van der Waals surface area contributed by atoms with Crippen LogP contribution in [0.2, 0.25) is 0 Å². The van der Waals surface area contributed by atoms with Crippen molar-refractivity contribution in [1.29, 1.82) is 0 Å². The second-order valence-corrected chi connectivity index (χ2v) is 6.54. The summed E-state index contributed by atoms with van der Waals surface area (Å²) in [6.07, 6.45) is -4.56. The third kappa shape index (κ3) is 4.14. The first-order valence-corrected chi connectivity index (χ1v) is 8.37. The number of carbonyl (C=O) groups excluding carboxylic acids is 2. The van der Waals surface area contributed by atoms with Crippen molar-refractivity contribution in [2.24, 2.45) is 0 Å². The normalized spacial score (nSPS) is 18.9. The highest BCUT2D eigenvalue weighted by Gasteiger charge is 2.37. The van der Waals surface area contributed by atoms with Crippen molar-refractivity contribution in [3.63, 3.8) is 0 Å². The first-order valence-electron chi connectivity index (χ1n) is 8.37. The predicted octanol–water partition coefficient (Wildman–Crippen LogP) is 1.69. The number of rotatable bonds is 3. The van der Waals surface area contributed by atoms with Crippen molar-refractivity contribution < 1.29 is 22.8 Å². The number of nitrogens with zero attached hydrogens (tertiary/aromatic N) is 3. The Kier molecular flexibility index (Phi) is 5.90. The summed E-state index contributed by atoms with van der Waals surface area (Å²) < 4.78 is 38.2. The van der Waals surface area contributed by atoms with E-state index in [2.05, 4.69) is 10.3 Å². The van der Waals surface area contributed by atoms with Gasteiger partial charge in [0.05, 0.1) is 11.3 Å². The zero-order valence-electron chi connectivity index (χ0n) is 15.2. The maximum absolute atomic E-state index is 12.8. The quantitative estimate of drug-likeness (QED) is 0.877. The molecule has 1 fully saturated rings. The lowest BCUT2D eigenvalue weighted by Crippen LogP contribution is -2.61. The van der Waals surface area contributed by atoms with Crippen LogP contribution in [-0.2, 0) is 11.0 Å². The van der Waals surface area contributed by atoms with Gasteiger partial charge in [0.1, 0.15) is 11.7 Å². The maximum atomic E-state index is 12.8. The summed E-state index contributed by atoms with van der Waals surface area (Å²) >= 11 is 0. The number of likely N-dealkylation sites (N-methyl/N-ethyl adjacent to an activating group) is 1. The number of aromatic nitrogens is 1. The van der Waals surface area contributed by atoms with Crippen molar-refractivity contribution in [2.75, 3.05) is 26.7 Å². The molecule has 1 aliphatic heterocycles. The summed E-state index contributed by atoms with van der Waals surface area (Å²) in [5.41, 5.74) is -0.890. The summed E-state index contributed by atoms with van der Waals surface area (Å²) in [4.78, 5) is 32.0. The van der Waals surface area contributed by atoms with Crippen molar-refractivity contribution >= 4 is 11.8 Å². The lowest BCUT2D eigenvalue weighted by molar-refractivity contribution is -0.141. The van der Waals surface area contributed by atoms with Crippen LogP contribution >= 0.6 is 0 Å². The van der Waals surface area contributed by atoms with E-state index < -0.39 is 23.8 Å². The average Bonchev–Trinajstić information content (AvgIpc) is 2.58. The molecule has 6 nitrogen and oxygen atoms in total. The van der Waals surface area contributed by atoms with E-state index in [1.165, 1.54) is 18.9 Å². The number of pyridine rings is 1. The van der Waals surface area contributed by atoms with Gasteiger partial charge in [-0.25, -0.2) is 4.98 Å². The molecule has 26 heavy (non-hydrogen) atoms. The second kappa shape index (κ2) is 7.61. The van der Waals surface area contributed by atoms with E-state index in [0.29, 0.717) is 13.1 Å². The molecule has 2 rings (SSSR count). The van der Waals surface area contributed by atoms with E-state index in [0.717, 1.165) is 12.1 Å². The second-order valence-electron chi connectivity index (χ2n) is 6.54. The first kappa shape index (κ1) is 20.2. The number of halogens is 3. The van der Waals surface area contributed by atoms with Gasteiger partial charge in [0.25, 0.3) is 5.91 Å². The number of amides is 2. The van der Waals surface area contributed by atoms with Gasteiger partial charge < -0.3 is 10.2 Å². The van der Waals surface area contributed by atoms with E-state index in [1.807, 2.05) is 18.7 Å². The Labute approximate surface area is 150 Å². The Morgan fingerprint density at radius 3 is 2.42 bits per heavy atom. The van der Waals surface area contributed by atoms with Crippen LogP contribution < -0.4 is 5.32 Å². The maximum Gasteiger partial charge on any atom is 0.433 e. The predicted molar refractivity (Wildman–Crippen MR) is 89.6 cm³/mol. The summed E-state index contributed by atoms with van der Waals surface area (Å²) in [6, 6.07) is 1.59. The third-order valence-electron chi connectivity index (χ3n) is 4.53. The highest BCUT2D eigenvalue weighted by atomic mass is 19.4. The molecule has 1 aliphatic rings. The van der Waals surface area contributed by atoms with E-state index in [4.69, 9.17) is 0 Å². The fourth-order valence-electron chi connectivity index (χ4n) is 3.11. The number of alkyl halides is 3. The van der Waals surface area contributed by atoms with Crippen molar-refractivity contribution in [2.45, 2.75) is 39.0 Å². The average molecular weight is 372 g/mol. The van der Waals surface area contributed by atoms with Gasteiger partial charge in [-0.2, -0.15) is 13.2 Å². The Hall–Kier alpha value is -2.16. The van der Waals surface area contributed by atoms with E-state index in [1.54, 1.807) is 0 Å². The highest BCUT2D eigenvalue weighted by molar-refractivity contribution is 5.96. The SMILES string of the molecule is CNC(=O)C1CN(C(=O)c2ccc(C(F)(F)F)nc2C)CCN1C(C)C. The fourth-order valence-corrected chi connectivity index (χ4v) is 3.11. The highest BCUT2D eigenvalue weighted by Crippen LogP contribution is 2.28. The topological polar surface area (TPSA) is 65.5 Å². The minimum atomic E-state index is -4.56. The first-order chi connectivity index (χ1) is 12.1. The zero-order valence-corrected chi connectivity index (χ0v) is 15.2. The van der Waals surface area contributed by atoms with Gasteiger partial charge in [-0.3, -0.25) is 14.5 Å². The Morgan fingerprint density at radius 1 is 1.27 bits per heavy atom. The summed E-state index contributed by atoms with van der Waals surface area (Å²) in [7, 11) is 1.53. The Morgan fingerprint density at radius 2 is 1.92 bits per heavy atom. The number of piperazine rings is 1. The lowest BCUT2D eigenvalue weighted by Gasteiger charge is -2.42. The number of nitrogens with one attached hydrogen (secondary N) is 1. The fraction of sp³-hybridized carbons (Fsp3) is 0.588. The minimum Gasteiger partial charge on any atom is -0.358 e. The molecule has 0 aromatic carbocycles. The van der Waals surface area contributed by atoms with Gasteiger partial charge >= 0.3 is 6.18 Å². The van der Waals surface area contributed by atoms with Crippen molar-refractivity contribution in [1.82, 2.24) is 20.1 Å². The molecule has 0 radical (unpaired) electrons. The molecule has 1 saturated heterocycles. The van der Waals surface area contributed by atoms with Crippen molar-refractivity contribution in [3.05, 3.63) is 29.1 Å². The van der Waals surface area contributed by atoms with Crippen LogP contribution in [0.15, 0.2) is 12.1 Å². The number of carbonyl (C=O) groups is 2. The van der Waals surface area contributed by atoms with Gasteiger partial charge in [-0.15, -0.1) is 0 Å². The molecule has 1 atom stereocenters. The van der Waals surface area contributed by atoms with E-state index in [-0.39, 0.29) is 29.8 Å². The summed E-state index contributed by atoms with van der Waals surface area (Å²) in [5.74, 6) is -0.612. The smallest absolute Gasteiger partial charge is 0.358 e. The Balaban J connectivity index is 2.23. The van der Waals surface area contributed by atoms with E-state index >= 15 is 0 Å². The summed E-state index contributed by atoms with van der Waals surface area (Å²) in [5, 5.41) is 2.60. The van der Waals surface area contributed by atoms with Gasteiger partial charge in [0, 0.05) is 32.7 Å².